The number of aromatic nitrogens is 2. The Balaban J connectivity index is 1.99. The molecule has 0 aliphatic heterocycles. The van der Waals surface area contributed by atoms with Crippen molar-refractivity contribution in [1.29, 1.82) is 0 Å². The van der Waals surface area contributed by atoms with E-state index in [-0.39, 0.29) is 53.6 Å². The van der Waals surface area contributed by atoms with Gasteiger partial charge in [-0.3, -0.25) is 9.36 Å². The third-order valence-corrected chi connectivity index (χ3v) is 7.41. The molecule has 216 valence electrons. The second-order valence-electron chi connectivity index (χ2n) is 8.08. The molecular weight excluding hydrogens is 557 g/mol. The van der Waals surface area contributed by atoms with Crippen LogP contribution in [0.4, 0.5) is 40.7 Å². The number of methoxy groups -OCH3 is 1. The number of alkyl halides is 3. The number of rotatable bonds is 12. The van der Waals surface area contributed by atoms with E-state index in [2.05, 4.69) is 25.9 Å². The summed E-state index contributed by atoms with van der Waals surface area (Å²) in [5.41, 5.74) is -1.07. The maximum atomic E-state index is 15.1. The van der Waals surface area contributed by atoms with Gasteiger partial charge in [0.2, 0.25) is 5.95 Å². The zero-order chi connectivity index (χ0) is 29.5. The molecule has 0 bridgehead atoms. The van der Waals surface area contributed by atoms with Crippen LogP contribution in [-0.2, 0) is 26.0 Å². The van der Waals surface area contributed by atoms with Gasteiger partial charge in [-0.25, -0.2) is 9.37 Å². The fourth-order valence-electron chi connectivity index (χ4n) is 3.63. The Kier molecular flexibility index (Phi) is 10.1. The first-order chi connectivity index (χ1) is 18.9. The van der Waals surface area contributed by atoms with Crippen molar-refractivity contribution in [3.8, 4) is 5.75 Å². The summed E-state index contributed by atoms with van der Waals surface area (Å²) < 4.78 is 85.0. The smallest absolute Gasteiger partial charge is 0.421 e. The molecule has 0 atom stereocenters. The van der Waals surface area contributed by atoms with Crippen LogP contribution in [0.25, 0.3) is 0 Å². The molecule has 0 spiro atoms. The van der Waals surface area contributed by atoms with E-state index in [9.17, 15) is 22.5 Å². The SMILES string of the molecule is CCOP(=O)(Cc1cc(OC)c(Nc2ncc(C(F)(F)F)c(Nc3ccccc3C(=O)NC)n2)cc1F)OCC. The van der Waals surface area contributed by atoms with Crippen LogP contribution in [0.3, 0.4) is 0 Å². The van der Waals surface area contributed by atoms with Gasteiger partial charge < -0.3 is 29.7 Å². The van der Waals surface area contributed by atoms with E-state index in [0.29, 0.717) is 6.20 Å². The molecule has 3 rings (SSSR count). The molecule has 0 aliphatic carbocycles. The summed E-state index contributed by atoms with van der Waals surface area (Å²) in [6.45, 7) is 3.43. The Bertz CT molecular complexity index is 1400. The molecular formula is C25H28F4N5O5P. The van der Waals surface area contributed by atoms with Crippen LogP contribution < -0.4 is 20.7 Å². The van der Waals surface area contributed by atoms with Crippen molar-refractivity contribution < 1.29 is 40.7 Å². The number of nitrogens with one attached hydrogen (secondary N) is 3. The van der Waals surface area contributed by atoms with Crippen molar-refractivity contribution in [1.82, 2.24) is 15.3 Å². The van der Waals surface area contributed by atoms with Crippen molar-refractivity contribution >= 4 is 36.6 Å². The fourth-order valence-corrected chi connectivity index (χ4v) is 5.33. The molecule has 0 radical (unpaired) electrons. The van der Waals surface area contributed by atoms with Crippen LogP contribution in [0.1, 0.15) is 35.3 Å². The van der Waals surface area contributed by atoms with Crippen LogP contribution in [-0.4, -0.2) is 43.2 Å². The standard InChI is InChI=1S/C25H28F4N5O5P/c1-5-38-40(36,39-6-2)14-15-11-21(37-4)20(12-18(15)26)33-24-31-13-17(25(27,28)29)22(34-24)32-19-10-8-7-9-16(19)23(35)30-3/h7-13H,5-6,14H2,1-4H3,(H,30,35)(H2,31,32,33,34). The largest absolute Gasteiger partial charge is 0.495 e. The first-order valence-electron chi connectivity index (χ1n) is 12.0. The number of nitrogens with zero attached hydrogens (tertiary/aromatic N) is 2. The number of carbonyl (C=O) groups excluding carboxylic acids is 1. The molecule has 1 amide bonds. The summed E-state index contributed by atoms with van der Waals surface area (Å²) >= 11 is 0. The fraction of sp³-hybridized carbons (Fsp3) is 0.320. The Hall–Kier alpha value is -3.74. The summed E-state index contributed by atoms with van der Waals surface area (Å²) in [4.78, 5) is 19.9. The Labute approximate surface area is 228 Å². The van der Waals surface area contributed by atoms with Crippen molar-refractivity contribution in [3.05, 3.63) is 65.1 Å². The number of benzene rings is 2. The highest BCUT2D eigenvalue weighted by molar-refractivity contribution is 7.53. The van der Waals surface area contributed by atoms with Gasteiger partial charge in [-0.2, -0.15) is 18.2 Å². The van der Waals surface area contributed by atoms with Gasteiger partial charge in [0, 0.05) is 24.9 Å². The average Bonchev–Trinajstić information content (AvgIpc) is 2.89. The minimum absolute atomic E-state index is 0.0112. The summed E-state index contributed by atoms with van der Waals surface area (Å²) in [5, 5.41) is 7.62. The van der Waals surface area contributed by atoms with Crippen LogP contribution in [0.2, 0.25) is 0 Å². The van der Waals surface area contributed by atoms with Gasteiger partial charge in [0.05, 0.1) is 43.4 Å². The molecule has 10 nitrogen and oxygen atoms in total. The van der Waals surface area contributed by atoms with Crippen molar-refractivity contribution in [2.45, 2.75) is 26.2 Å². The molecule has 40 heavy (non-hydrogen) atoms. The number of halogens is 4. The molecule has 2 aromatic carbocycles. The lowest BCUT2D eigenvalue weighted by molar-refractivity contribution is -0.137. The first-order valence-corrected chi connectivity index (χ1v) is 13.7. The predicted octanol–water partition coefficient (Wildman–Crippen LogP) is 6.26. The van der Waals surface area contributed by atoms with Crippen LogP contribution in [0.15, 0.2) is 42.6 Å². The zero-order valence-corrected chi connectivity index (χ0v) is 23.0. The van der Waals surface area contributed by atoms with Gasteiger partial charge in [0.25, 0.3) is 5.91 Å². The number of para-hydroxylation sites is 1. The minimum atomic E-state index is -4.83. The summed E-state index contributed by atoms with van der Waals surface area (Å²) in [6.07, 6.45) is -4.64. The zero-order valence-electron chi connectivity index (χ0n) is 22.1. The number of anilines is 4. The van der Waals surface area contributed by atoms with E-state index in [4.69, 9.17) is 13.8 Å². The molecule has 3 N–H and O–H groups in total. The number of hydrogen-bond acceptors (Lipinski definition) is 9. The number of amides is 1. The lowest BCUT2D eigenvalue weighted by Gasteiger charge is -2.19. The maximum Gasteiger partial charge on any atom is 0.421 e. The van der Waals surface area contributed by atoms with Crippen LogP contribution in [0, 0.1) is 5.82 Å². The van der Waals surface area contributed by atoms with E-state index in [1.807, 2.05) is 0 Å². The van der Waals surface area contributed by atoms with Gasteiger partial charge in [-0.15, -0.1) is 0 Å². The lowest BCUT2D eigenvalue weighted by Crippen LogP contribution is -2.20. The van der Waals surface area contributed by atoms with Crippen molar-refractivity contribution in [3.63, 3.8) is 0 Å². The first kappa shape index (κ1) is 30.8. The minimum Gasteiger partial charge on any atom is -0.495 e. The predicted molar refractivity (Wildman–Crippen MR) is 141 cm³/mol. The monoisotopic (exact) mass is 585 g/mol. The van der Waals surface area contributed by atoms with Gasteiger partial charge in [-0.05, 0) is 32.0 Å². The molecule has 0 fully saturated rings. The summed E-state index contributed by atoms with van der Waals surface area (Å²) in [6, 6.07) is 8.21. The summed E-state index contributed by atoms with van der Waals surface area (Å²) in [7, 11) is -0.958. The van der Waals surface area contributed by atoms with E-state index in [1.54, 1.807) is 19.9 Å². The molecule has 0 unspecified atom stereocenters. The van der Waals surface area contributed by atoms with E-state index in [0.717, 1.165) is 6.07 Å². The highest BCUT2D eigenvalue weighted by Crippen LogP contribution is 2.52. The highest BCUT2D eigenvalue weighted by Gasteiger charge is 2.36. The van der Waals surface area contributed by atoms with Crippen molar-refractivity contribution in [2.24, 2.45) is 0 Å². The molecule has 0 saturated heterocycles. The third kappa shape index (κ3) is 7.46. The average molecular weight is 585 g/mol. The Morgan fingerprint density at radius 1 is 1.05 bits per heavy atom. The molecule has 1 heterocycles. The molecule has 3 aromatic rings. The molecule has 0 aliphatic rings. The second-order valence-corrected chi connectivity index (χ2v) is 10.1. The Morgan fingerprint density at radius 2 is 1.73 bits per heavy atom. The topological polar surface area (TPSA) is 124 Å². The molecule has 1 aromatic heterocycles. The third-order valence-electron chi connectivity index (χ3n) is 5.38. The molecule has 15 heteroatoms. The molecule has 0 saturated carbocycles. The number of carbonyl (C=O) groups is 1. The quantitative estimate of drug-likeness (QED) is 0.167. The number of hydrogen-bond donors (Lipinski definition) is 3. The van der Waals surface area contributed by atoms with E-state index >= 15 is 4.39 Å². The van der Waals surface area contributed by atoms with Gasteiger partial charge >= 0.3 is 13.8 Å². The normalized spacial score (nSPS) is 11.7. The lowest BCUT2D eigenvalue weighted by atomic mass is 10.1. The number of ether oxygens (including phenoxy) is 1. The van der Waals surface area contributed by atoms with Gasteiger partial charge in [-0.1, -0.05) is 12.1 Å². The Morgan fingerprint density at radius 3 is 2.33 bits per heavy atom. The highest BCUT2D eigenvalue weighted by atomic mass is 31.2. The van der Waals surface area contributed by atoms with Crippen LogP contribution in [0.5, 0.6) is 5.75 Å². The summed E-state index contributed by atoms with van der Waals surface area (Å²) in [5.74, 6) is -2.23. The van der Waals surface area contributed by atoms with E-state index < -0.39 is 36.9 Å². The van der Waals surface area contributed by atoms with Gasteiger partial charge in [0.15, 0.2) is 0 Å². The van der Waals surface area contributed by atoms with Gasteiger partial charge in [0.1, 0.15) is 22.9 Å². The van der Waals surface area contributed by atoms with Crippen LogP contribution >= 0.6 is 7.60 Å². The second kappa shape index (κ2) is 13.1. The van der Waals surface area contributed by atoms with Crippen molar-refractivity contribution in [2.75, 3.05) is 38.0 Å². The maximum absolute atomic E-state index is 15.1. The van der Waals surface area contributed by atoms with E-state index in [1.165, 1.54) is 38.4 Å².